The normalized spacial score (nSPS) is 29.9. The van der Waals surface area contributed by atoms with E-state index in [0.717, 1.165) is 25.9 Å². The molecule has 4 heteroatoms. The predicted octanol–water partition coefficient (Wildman–Crippen LogP) is 0.769. The Labute approximate surface area is 96.4 Å². The molecular formula is C12H20N2O2. The number of carbonyl (C=O) groups excluding carboxylic acids is 2. The first-order valence-corrected chi connectivity index (χ1v) is 6.16. The van der Waals surface area contributed by atoms with Gasteiger partial charge in [-0.1, -0.05) is 13.8 Å². The van der Waals surface area contributed by atoms with Gasteiger partial charge in [0, 0.05) is 31.5 Å². The van der Waals surface area contributed by atoms with Gasteiger partial charge in [-0.05, 0) is 18.8 Å². The van der Waals surface area contributed by atoms with Crippen LogP contribution in [0.1, 0.15) is 33.1 Å². The molecule has 0 aliphatic carbocycles. The number of hydrogen-bond acceptors (Lipinski definition) is 2. The third-order valence-corrected chi connectivity index (χ3v) is 3.63. The molecule has 16 heavy (non-hydrogen) atoms. The minimum absolute atomic E-state index is 0.0785. The highest BCUT2D eigenvalue weighted by Crippen LogP contribution is 2.25. The van der Waals surface area contributed by atoms with Crippen LogP contribution in [0.15, 0.2) is 0 Å². The van der Waals surface area contributed by atoms with Gasteiger partial charge in [-0.2, -0.15) is 0 Å². The van der Waals surface area contributed by atoms with E-state index >= 15 is 0 Å². The van der Waals surface area contributed by atoms with E-state index in [4.69, 9.17) is 0 Å². The number of nitrogens with zero attached hydrogens (tertiary/aromatic N) is 1. The summed E-state index contributed by atoms with van der Waals surface area (Å²) in [7, 11) is 0. The Kier molecular flexibility index (Phi) is 3.17. The van der Waals surface area contributed by atoms with Crippen molar-refractivity contribution in [3.05, 3.63) is 0 Å². The van der Waals surface area contributed by atoms with Crippen LogP contribution in [0.5, 0.6) is 0 Å². The molecule has 0 aromatic heterocycles. The Hall–Kier alpha value is -1.06. The van der Waals surface area contributed by atoms with Crippen molar-refractivity contribution in [3.8, 4) is 0 Å². The van der Waals surface area contributed by atoms with Crippen LogP contribution >= 0.6 is 0 Å². The summed E-state index contributed by atoms with van der Waals surface area (Å²) in [4.78, 5) is 25.1. The maximum absolute atomic E-state index is 11.9. The van der Waals surface area contributed by atoms with Crippen molar-refractivity contribution >= 4 is 11.8 Å². The maximum Gasteiger partial charge on any atom is 0.225 e. The minimum atomic E-state index is 0.0785. The molecule has 0 spiro atoms. The van der Waals surface area contributed by atoms with Crippen molar-refractivity contribution in [1.29, 1.82) is 0 Å². The lowest BCUT2D eigenvalue weighted by Crippen LogP contribution is -2.55. The van der Waals surface area contributed by atoms with E-state index in [1.54, 1.807) is 0 Å². The average molecular weight is 224 g/mol. The van der Waals surface area contributed by atoms with Crippen molar-refractivity contribution in [3.63, 3.8) is 0 Å². The van der Waals surface area contributed by atoms with Crippen LogP contribution in [0.3, 0.4) is 0 Å². The number of hydrogen-bond donors (Lipinski definition) is 1. The zero-order chi connectivity index (χ0) is 11.7. The van der Waals surface area contributed by atoms with Crippen molar-refractivity contribution in [2.75, 3.05) is 13.1 Å². The summed E-state index contributed by atoms with van der Waals surface area (Å²) < 4.78 is 0. The summed E-state index contributed by atoms with van der Waals surface area (Å²) in [6.07, 6.45) is 2.46. The second kappa shape index (κ2) is 4.44. The van der Waals surface area contributed by atoms with Gasteiger partial charge in [0.15, 0.2) is 0 Å². The van der Waals surface area contributed by atoms with Gasteiger partial charge < -0.3 is 10.2 Å². The second-order valence-corrected chi connectivity index (χ2v) is 5.20. The van der Waals surface area contributed by atoms with Crippen LogP contribution < -0.4 is 5.32 Å². The van der Waals surface area contributed by atoms with Crippen LogP contribution in [-0.4, -0.2) is 35.8 Å². The first kappa shape index (κ1) is 11.4. The smallest absolute Gasteiger partial charge is 0.225 e. The molecule has 1 N–H and O–H groups in total. The highest BCUT2D eigenvalue weighted by molar-refractivity contribution is 5.79. The molecule has 90 valence electrons. The summed E-state index contributed by atoms with van der Waals surface area (Å²) in [6, 6.07) is 0.303. The monoisotopic (exact) mass is 224 g/mol. The lowest BCUT2D eigenvalue weighted by Gasteiger charge is -2.41. The third kappa shape index (κ3) is 2.20. The quantitative estimate of drug-likeness (QED) is 0.715. The number of amides is 2. The van der Waals surface area contributed by atoms with Crippen molar-refractivity contribution in [2.24, 2.45) is 11.8 Å². The molecule has 2 atom stereocenters. The van der Waals surface area contributed by atoms with Gasteiger partial charge in [-0.3, -0.25) is 9.59 Å². The van der Waals surface area contributed by atoms with Crippen LogP contribution in [0.25, 0.3) is 0 Å². The van der Waals surface area contributed by atoms with Crippen LogP contribution in [0.4, 0.5) is 0 Å². The molecule has 0 bridgehead atoms. The van der Waals surface area contributed by atoms with Gasteiger partial charge in [0.1, 0.15) is 0 Å². The highest BCUT2D eigenvalue weighted by Gasteiger charge is 2.35. The van der Waals surface area contributed by atoms with Crippen molar-refractivity contribution in [2.45, 2.75) is 39.2 Å². The highest BCUT2D eigenvalue weighted by atomic mass is 16.2. The second-order valence-electron chi connectivity index (χ2n) is 5.20. The molecule has 2 rings (SSSR count). The Morgan fingerprint density at radius 3 is 2.88 bits per heavy atom. The molecule has 2 amide bonds. The fraction of sp³-hybridized carbons (Fsp3) is 0.833. The topological polar surface area (TPSA) is 49.4 Å². The molecule has 2 unspecified atom stereocenters. The molecule has 2 heterocycles. The fourth-order valence-electron chi connectivity index (χ4n) is 2.68. The third-order valence-electron chi connectivity index (χ3n) is 3.63. The number of likely N-dealkylation sites (tertiary alicyclic amines) is 1. The summed E-state index contributed by atoms with van der Waals surface area (Å²) in [6.45, 7) is 5.49. The Morgan fingerprint density at radius 1 is 1.44 bits per heavy atom. The lowest BCUT2D eigenvalue weighted by molar-refractivity contribution is -0.137. The lowest BCUT2D eigenvalue weighted by atomic mass is 9.85. The van der Waals surface area contributed by atoms with Crippen LogP contribution in [-0.2, 0) is 9.59 Å². The van der Waals surface area contributed by atoms with Crippen molar-refractivity contribution in [1.82, 2.24) is 10.2 Å². The molecule has 0 aromatic carbocycles. The van der Waals surface area contributed by atoms with E-state index < -0.39 is 0 Å². The van der Waals surface area contributed by atoms with Gasteiger partial charge in [0.25, 0.3) is 0 Å². The number of rotatable bonds is 1. The zero-order valence-corrected chi connectivity index (χ0v) is 10.0. The fourth-order valence-corrected chi connectivity index (χ4v) is 2.68. The summed E-state index contributed by atoms with van der Waals surface area (Å²) in [5, 5.41) is 3.03. The predicted molar refractivity (Wildman–Crippen MR) is 60.7 cm³/mol. The number of fused-ring (bicyclic) bond motifs is 1. The van der Waals surface area contributed by atoms with Gasteiger partial charge in [0.2, 0.25) is 11.8 Å². The number of carbonyl (C=O) groups is 2. The van der Waals surface area contributed by atoms with E-state index in [1.807, 2.05) is 18.7 Å². The van der Waals surface area contributed by atoms with E-state index in [9.17, 15) is 9.59 Å². The molecule has 0 radical (unpaired) electrons. The van der Waals surface area contributed by atoms with E-state index in [0.29, 0.717) is 18.4 Å². The summed E-state index contributed by atoms with van der Waals surface area (Å²) in [5.41, 5.74) is 0. The molecule has 2 saturated heterocycles. The largest absolute Gasteiger partial charge is 0.353 e. The Morgan fingerprint density at radius 2 is 2.19 bits per heavy atom. The maximum atomic E-state index is 11.9. The number of piperidine rings is 2. The van der Waals surface area contributed by atoms with E-state index in [1.165, 1.54) is 0 Å². The standard InChI is InChI=1S/C12H20N2O2/c1-8(2)12(16)14-6-5-10-9(7-14)3-4-11(15)13-10/h8-10H,3-7H2,1-2H3,(H,13,15). The van der Waals surface area contributed by atoms with Crippen LogP contribution in [0.2, 0.25) is 0 Å². The average Bonchev–Trinajstić information content (AvgIpc) is 2.27. The van der Waals surface area contributed by atoms with E-state index in [-0.39, 0.29) is 17.7 Å². The van der Waals surface area contributed by atoms with E-state index in [2.05, 4.69) is 5.32 Å². The summed E-state index contributed by atoms with van der Waals surface area (Å²) in [5.74, 6) is 0.962. The summed E-state index contributed by atoms with van der Waals surface area (Å²) >= 11 is 0. The molecule has 0 saturated carbocycles. The SMILES string of the molecule is CC(C)C(=O)N1CCC2NC(=O)CCC2C1. The zero-order valence-electron chi connectivity index (χ0n) is 10.0. The van der Waals surface area contributed by atoms with Gasteiger partial charge in [-0.15, -0.1) is 0 Å². The van der Waals surface area contributed by atoms with Gasteiger partial charge in [-0.25, -0.2) is 0 Å². The molecule has 2 aliphatic heterocycles. The van der Waals surface area contributed by atoms with Gasteiger partial charge >= 0.3 is 0 Å². The molecule has 4 nitrogen and oxygen atoms in total. The first-order chi connectivity index (χ1) is 7.58. The van der Waals surface area contributed by atoms with Crippen LogP contribution in [0, 0.1) is 11.8 Å². The Bertz CT molecular complexity index is 301. The minimum Gasteiger partial charge on any atom is -0.353 e. The first-order valence-electron chi connectivity index (χ1n) is 6.16. The number of nitrogens with one attached hydrogen (secondary N) is 1. The van der Waals surface area contributed by atoms with Crippen molar-refractivity contribution < 1.29 is 9.59 Å². The molecular weight excluding hydrogens is 204 g/mol. The molecule has 2 aliphatic rings. The molecule has 0 aromatic rings. The molecule has 2 fully saturated rings. The van der Waals surface area contributed by atoms with Gasteiger partial charge in [0.05, 0.1) is 0 Å². The Balaban J connectivity index is 1.95.